The van der Waals surface area contributed by atoms with E-state index in [4.69, 9.17) is 5.11 Å². The summed E-state index contributed by atoms with van der Waals surface area (Å²) >= 11 is 0. The van der Waals surface area contributed by atoms with E-state index in [-0.39, 0.29) is 0 Å². The van der Waals surface area contributed by atoms with Gasteiger partial charge in [0.15, 0.2) is 0 Å². The molecule has 3 heteroatoms. The largest absolute Gasteiger partial charge is 0.478 e. The highest BCUT2D eigenvalue weighted by atomic mass is 16.4. The molecule has 5 aromatic carbocycles. The van der Waals surface area contributed by atoms with Crippen LogP contribution in [0.4, 0.5) is 17.1 Å². The molecule has 0 fully saturated rings. The highest BCUT2D eigenvalue weighted by Gasteiger charge is 2.13. The Balaban J connectivity index is 1.53. The number of anilines is 3. The van der Waals surface area contributed by atoms with Crippen LogP contribution in [0.5, 0.6) is 0 Å². The Morgan fingerprint density at radius 2 is 0.902 bits per heavy atom. The van der Waals surface area contributed by atoms with E-state index < -0.39 is 5.97 Å². The lowest BCUT2D eigenvalue weighted by molar-refractivity contribution is -0.131. The van der Waals surface area contributed by atoms with Crippen molar-refractivity contribution in [1.82, 2.24) is 0 Å². The average Bonchev–Trinajstić information content (AvgIpc) is 2.98. The van der Waals surface area contributed by atoms with Gasteiger partial charge >= 0.3 is 5.97 Å². The summed E-state index contributed by atoms with van der Waals surface area (Å²) in [5, 5.41) is 8.97. The zero-order valence-corrected chi connectivity index (χ0v) is 23.6. The summed E-state index contributed by atoms with van der Waals surface area (Å²) in [6, 6.07) is 42.3. The number of hydrogen-bond donors (Lipinski definition) is 1. The number of carbonyl (C=O) groups is 1. The van der Waals surface area contributed by atoms with Crippen molar-refractivity contribution < 1.29 is 9.90 Å². The molecule has 0 spiro atoms. The molecular weight excluding hydrogens is 502 g/mol. The highest BCUT2D eigenvalue weighted by Crippen LogP contribution is 2.35. The molecule has 0 aliphatic heterocycles. The van der Waals surface area contributed by atoms with Gasteiger partial charge in [-0.05, 0) is 97.1 Å². The van der Waals surface area contributed by atoms with Crippen molar-refractivity contribution in [1.29, 1.82) is 0 Å². The molecule has 5 aromatic rings. The summed E-state index contributed by atoms with van der Waals surface area (Å²) in [7, 11) is 0. The SMILES string of the molecule is Cc1ccc(C(=Cc2ccc(N(c3ccc(C)cc3)c3ccc(/C=C/C(=O)O)cc3)cc2)c2ccc(C)cc2)cc1. The molecule has 0 aromatic heterocycles. The molecule has 5 rings (SSSR count). The molecule has 0 amide bonds. The lowest BCUT2D eigenvalue weighted by Crippen LogP contribution is -2.09. The van der Waals surface area contributed by atoms with E-state index in [9.17, 15) is 4.79 Å². The number of hydrogen-bond acceptors (Lipinski definition) is 2. The Hall–Kier alpha value is -5.15. The van der Waals surface area contributed by atoms with Crippen LogP contribution >= 0.6 is 0 Å². The molecule has 0 bridgehead atoms. The number of rotatable bonds is 8. The molecule has 41 heavy (non-hydrogen) atoms. The van der Waals surface area contributed by atoms with Gasteiger partial charge in [-0.2, -0.15) is 0 Å². The normalized spacial score (nSPS) is 10.9. The van der Waals surface area contributed by atoms with Crippen LogP contribution in [0.25, 0.3) is 17.7 Å². The predicted molar refractivity (Wildman–Crippen MR) is 172 cm³/mol. The summed E-state index contributed by atoms with van der Waals surface area (Å²) in [4.78, 5) is 13.1. The number of aliphatic carboxylic acids is 1. The maximum Gasteiger partial charge on any atom is 0.328 e. The Labute approximate surface area is 242 Å². The summed E-state index contributed by atoms with van der Waals surface area (Å²) in [5.41, 5.74) is 12.2. The van der Waals surface area contributed by atoms with Crippen molar-refractivity contribution in [3.05, 3.63) is 166 Å². The molecule has 202 valence electrons. The van der Waals surface area contributed by atoms with Gasteiger partial charge in [-0.15, -0.1) is 0 Å². The third-order valence-electron chi connectivity index (χ3n) is 7.05. The molecule has 0 unspecified atom stereocenters. The second-order valence-corrected chi connectivity index (χ2v) is 10.3. The van der Waals surface area contributed by atoms with Gasteiger partial charge in [0.2, 0.25) is 0 Å². The smallest absolute Gasteiger partial charge is 0.328 e. The van der Waals surface area contributed by atoms with Crippen molar-refractivity contribution in [2.24, 2.45) is 0 Å². The molecule has 0 saturated carbocycles. The molecule has 0 saturated heterocycles. The number of aryl methyl sites for hydroxylation is 3. The predicted octanol–water partition coefficient (Wildman–Crippen LogP) is 9.77. The van der Waals surface area contributed by atoms with Crippen LogP contribution in [0.3, 0.4) is 0 Å². The first-order chi connectivity index (χ1) is 19.9. The molecular formula is C38H33NO2. The zero-order valence-electron chi connectivity index (χ0n) is 23.6. The zero-order chi connectivity index (χ0) is 28.8. The molecule has 0 heterocycles. The maximum absolute atomic E-state index is 10.9. The fraction of sp³-hybridized carbons (Fsp3) is 0.0789. The average molecular weight is 536 g/mol. The summed E-state index contributed by atoms with van der Waals surface area (Å²) in [5.74, 6) is -0.961. The Morgan fingerprint density at radius 3 is 1.32 bits per heavy atom. The maximum atomic E-state index is 10.9. The van der Waals surface area contributed by atoms with Crippen LogP contribution in [0, 0.1) is 20.8 Å². The number of carboxylic acid groups (broad SMARTS) is 1. The first-order valence-corrected chi connectivity index (χ1v) is 13.7. The summed E-state index contributed by atoms with van der Waals surface area (Å²) in [6.07, 6.45) is 5.00. The van der Waals surface area contributed by atoms with Crippen molar-refractivity contribution in [3.63, 3.8) is 0 Å². The van der Waals surface area contributed by atoms with Gasteiger partial charge < -0.3 is 10.0 Å². The van der Waals surface area contributed by atoms with Crippen LogP contribution < -0.4 is 4.90 Å². The van der Waals surface area contributed by atoms with Crippen molar-refractivity contribution in [2.45, 2.75) is 20.8 Å². The van der Waals surface area contributed by atoms with Crippen LogP contribution in [0.2, 0.25) is 0 Å². The monoisotopic (exact) mass is 535 g/mol. The van der Waals surface area contributed by atoms with Crippen LogP contribution in [-0.4, -0.2) is 11.1 Å². The van der Waals surface area contributed by atoms with E-state index in [1.807, 2.05) is 24.3 Å². The van der Waals surface area contributed by atoms with E-state index >= 15 is 0 Å². The Kier molecular flexibility index (Phi) is 8.26. The molecule has 1 N–H and O–H groups in total. The number of benzene rings is 5. The molecule has 0 aliphatic carbocycles. The second-order valence-electron chi connectivity index (χ2n) is 10.3. The van der Waals surface area contributed by atoms with E-state index in [0.717, 1.165) is 34.3 Å². The van der Waals surface area contributed by atoms with Crippen molar-refractivity contribution >= 4 is 40.8 Å². The molecule has 0 atom stereocenters. The van der Waals surface area contributed by atoms with E-state index in [2.05, 4.69) is 129 Å². The highest BCUT2D eigenvalue weighted by molar-refractivity contribution is 5.92. The van der Waals surface area contributed by atoms with Gasteiger partial charge in [0, 0.05) is 23.1 Å². The standard InChI is InChI=1S/C38H33NO2/c1-27-4-15-32(16-5-27)37(33-17-6-28(2)7-18-33)26-31-12-23-36(24-13-31)39(34-19-8-29(3)9-20-34)35-21-10-30(11-22-35)14-25-38(40)41/h4-26H,1-3H3,(H,40,41)/b25-14+. The topological polar surface area (TPSA) is 40.5 Å². The minimum absolute atomic E-state index is 0.834. The van der Waals surface area contributed by atoms with Crippen LogP contribution in [0.15, 0.2) is 127 Å². The fourth-order valence-corrected chi connectivity index (χ4v) is 4.73. The van der Waals surface area contributed by atoms with Gasteiger partial charge in [0.05, 0.1) is 0 Å². The van der Waals surface area contributed by atoms with E-state index in [1.54, 1.807) is 6.08 Å². The quantitative estimate of drug-likeness (QED) is 0.159. The number of nitrogens with zero attached hydrogens (tertiary/aromatic N) is 1. The van der Waals surface area contributed by atoms with E-state index in [0.29, 0.717) is 0 Å². The minimum atomic E-state index is -0.961. The second kappa shape index (κ2) is 12.4. The lowest BCUT2D eigenvalue weighted by Gasteiger charge is -2.26. The van der Waals surface area contributed by atoms with Crippen molar-refractivity contribution in [3.8, 4) is 0 Å². The van der Waals surface area contributed by atoms with E-state index in [1.165, 1.54) is 33.4 Å². The van der Waals surface area contributed by atoms with Crippen LogP contribution in [-0.2, 0) is 4.79 Å². The fourth-order valence-electron chi connectivity index (χ4n) is 4.73. The van der Waals surface area contributed by atoms with Gasteiger partial charge in [0.25, 0.3) is 0 Å². The molecule has 0 radical (unpaired) electrons. The Bertz CT molecular complexity index is 1630. The first kappa shape index (κ1) is 27.4. The van der Waals surface area contributed by atoms with Crippen LogP contribution in [0.1, 0.15) is 38.9 Å². The summed E-state index contributed by atoms with van der Waals surface area (Å²) in [6.45, 7) is 6.30. The van der Waals surface area contributed by atoms with Gasteiger partial charge in [-0.1, -0.05) is 102 Å². The van der Waals surface area contributed by atoms with Gasteiger partial charge in [0.1, 0.15) is 0 Å². The van der Waals surface area contributed by atoms with Gasteiger partial charge in [-0.3, -0.25) is 0 Å². The molecule has 3 nitrogen and oxygen atoms in total. The third kappa shape index (κ3) is 6.90. The number of carboxylic acids is 1. The summed E-state index contributed by atoms with van der Waals surface area (Å²) < 4.78 is 0. The lowest BCUT2D eigenvalue weighted by atomic mass is 9.94. The van der Waals surface area contributed by atoms with Crippen molar-refractivity contribution in [2.75, 3.05) is 4.90 Å². The first-order valence-electron chi connectivity index (χ1n) is 13.7. The van der Waals surface area contributed by atoms with Gasteiger partial charge in [-0.25, -0.2) is 4.79 Å². The molecule has 0 aliphatic rings. The minimum Gasteiger partial charge on any atom is -0.478 e. The Morgan fingerprint density at radius 1 is 0.537 bits per heavy atom. The third-order valence-corrected chi connectivity index (χ3v) is 7.05.